The van der Waals surface area contributed by atoms with Gasteiger partial charge in [0, 0.05) is 25.6 Å². The molecule has 1 aliphatic heterocycles. The van der Waals surface area contributed by atoms with Gasteiger partial charge >= 0.3 is 0 Å². The maximum Gasteiger partial charge on any atom is 0.160 e. The number of phenols is 1. The number of fused-ring (bicyclic) bond motifs is 1. The van der Waals surface area contributed by atoms with Crippen molar-refractivity contribution in [2.75, 3.05) is 13.7 Å². The number of methoxy groups -OCH3 is 1. The molecule has 3 rings (SSSR count). The number of phenolic OH excluding ortho intramolecular Hbond substituents is 1. The van der Waals surface area contributed by atoms with E-state index in [1.54, 1.807) is 19.3 Å². The lowest BCUT2D eigenvalue weighted by Gasteiger charge is -2.36. The van der Waals surface area contributed by atoms with Crippen molar-refractivity contribution in [3.8, 4) is 11.5 Å². The van der Waals surface area contributed by atoms with E-state index in [0.29, 0.717) is 18.2 Å². The third-order valence-electron chi connectivity index (χ3n) is 4.21. The quantitative estimate of drug-likeness (QED) is 0.896. The van der Waals surface area contributed by atoms with Crippen molar-refractivity contribution in [3.05, 3.63) is 35.4 Å². The molecule has 1 aliphatic carbocycles. The summed E-state index contributed by atoms with van der Waals surface area (Å²) in [6.45, 7) is 1.74. The van der Waals surface area contributed by atoms with Gasteiger partial charge in [0.25, 0.3) is 0 Å². The van der Waals surface area contributed by atoms with Crippen LogP contribution < -0.4 is 4.74 Å². The summed E-state index contributed by atoms with van der Waals surface area (Å²) < 4.78 is 5.15. The summed E-state index contributed by atoms with van der Waals surface area (Å²) >= 11 is 0. The van der Waals surface area contributed by atoms with Gasteiger partial charge in [-0.15, -0.1) is 0 Å². The zero-order valence-corrected chi connectivity index (χ0v) is 11.6. The Morgan fingerprint density at radius 3 is 2.95 bits per heavy atom. The number of hydrogen-bond donors (Lipinski definition) is 1. The molecule has 0 radical (unpaired) electrons. The highest BCUT2D eigenvalue weighted by molar-refractivity contribution is 5.90. The van der Waals surface area contributed by atoms with E-state index in [0.717, 1.165) is 31.5 Å². The van der Waals surface area contributed by atoms with Crippen molar-refractivity contribution >= 4 is 5.78 Å². The maximum absolute atomic E-state index is 11.5. The monoisotopic (exact) mass is 273 g/mol. The smallest absolute Gasteiger partial charge is 0.160 e. The maximum atomic E-state index is 11.5. The van der Waals surface area contributed by atoms with E-state index in [2.05, 4.69) is 4.90 Å². The fraction of sp³-hybridized carbons (Fsp3) is 0.438. The van der Waals surface area contributed by atoms with Crippen LogP contribution in [-0.2, 0) is 17.8 Å². The molecule has 0 saturated carbocycles. The van der Waals surface area contributed by atoms with E-state index in [1.165, 1.54) is 5.56 Å². The van der Waals surface area contributed by atoms with Gasteiger partial charge in [0.15, 0.2) is 17.3 Å². The Morgan fingerprint density at radius 1 is 1.35 bits per heavy atom. The average Bonchev–Trinajstić information content (AvgIpc) is 2.46. The number of carbonyl (C=O) groups excluding carboxylic acids is 1. The third-order valence-corrected chi connectivity index (χ3v) is 4.21. The number of allylic oxidation sites excluding steroid dienone is 1. The van der Waals surface area contributed by atoms with Crippen LogP contribution in [0.5, 0.6) is 11.5 Å². The van der Waals surface area contributed by atoms with Crippen LogP contribution in [0.25, 0.3) is 0 Å². The van der Waals surface area contributed by atoms with Crippen LogP contribution >= 0.6 is 0 Å². The van der Waals surface area contributed by atoms with Crippen molar-refractivity contribution in [1.82, 2.24) is 4.90 Å². The Bertz CT molecular complexity index is 565. The van der Waals surface area contributed by atoms with E-state index >= 15 is 0 Å². The van der Waals surface area contributed by atoms with Crippen molar-refractivity contribution in [3.63, 3.8) is 0 Å². The van der Waals surface area contributed by atoms with Gasteiger partial charge in [0.1, 0.15) is 0 Å². The predicted octanol–water partition coefficient (Wildman–Crippen LogP) is 2.05. The van der Waals surface area contributed by atoms with Crippen LogP contribution in [0.3, 0.4) is 0 Å². The van der Waals surface area contributed by atoms with Gasteiger partial charge in [-0.2, -0.15) is 0 Å². The number of rotatable bonds is 2. The molecule has 4 heteroatoms. The Morgan fingerprint density at radius 2 is 2.20 bits per heavy atom. The van der Waals surface area contributed by atoms with Crippen molar-refractivity contribution in [1.29, 1.82) is 0 Å². The van der Waals surface area contributed by atoms with Gasteiger partial charge in [0.2, 0.25) is 0 Å². The summed E-state index contributed by atoms with van der Waals surface area (Å²) in [4.78, 5) is 13.9. The van der Waals surface area contributed by atoms with Gasteiger partial charge in [-0.1, -0.05) is 6.08 Å². The molecule has 0 unspecified atom stereocenters. The van der Waals surface area contributed by atoms with Gasteiger partial charge in [-0.3, -0.25) is 9.69 Å². The van der Waals surface area contributed by atoms with Crippen molar-refractivity contribution in [2.45, 2.75) is 31.8 Å². The van der Waals surface area contributed by atoms with Crippen LogP contribution in [0, 0.1) is 0 Å². The molecule has 1 aromatic rings. The minimum absolute atomic E-state index is 0.188. The number of ether oxygens (including phenoxy) is 1. The van der Waals surface area contributed by atoms with Crippen LogP contribution in [0.2, 0.25) is 0 Å². The zero-order valence-electron chi connectivity index (χ0n) is 11.6. The van der Waals surface area contributed by atoms with Gasteiger partial charge in [-0.25, -0.2) is 0 Å². The highest BCUT2D eigenvalue weighted by Crippen LogP contribution is 2.33. The van der Waals surface area contributed by atoms with Crippen LogP contribution in [0.15, 0.2) is 24.3 Å². The first kappa shape index (κ1) is 13.2. The van der Waals surface area contributed by atoms with E-state index in [4.69, 9.17) is 4.74 Å². The van der Waals surface area contributed by atoms with E-state index < -0.39 is 0 Å². The van der Waals surface area contributed by atoms with Crippen molar-refractivity contribution in [2.24, 2.45) is 0 Å². The molecule has 2 aliphatic rings. The molecular formula is C16H19NO3. The Kier molecular flexibility index (Phi) is 3.49. The molecule has 0 saturated heterocycles. The first-order valence-corrected chi connectivity index (χ1v) is 6.99. The normalized spacial score (nSPS) is 22.6. The standard InChI is InChI=1S/C16H19NO3/c1-20-16-8-11-5-6-17(10-12(11)7-15(16)19)13-3-2-4-14(18)9-13/h2,4,7-8,13,19H,3,5-6,9-10H2,1H3/t13-/m0/s1. The second-order valence-corrected chi connectivity index (χ2v) is 5.48. The lowest BCUT2D eigenvalue weighted by molar-refractivity contribution is -0.116. The van der Waals surface area contributed by atoms with Crippen LogP contribution in [0.4, 0.5) is 0 Å². The molecule has 1 heterocycles. The highest BCUT2D eigenvalue weighted by Gasteiger charge is 2.26. The number of hydrogen-bond acceptors (Lipinski definition) is 4. The summed E-state index contributed by atoms with van der Waals surface area (Å²) in [5.74, 6) is 0.935. The van der Waals surface area contributed by atoms with E-state index in [1.807, 2.05) is 12.1 Å². The predicted molar refractivity (Wildman–Crippen MR) is 75.9 cm³/mol. The zero-order chi connectivity index (χ0) is 14.1. The number of benzene rings is 1. The van der Waals surface area contributed by atoms with E-state index in [-0.39, 0.29) is 11.5 Å². The summed E-state index contributed by atoms with van der Waals surface area (Å²) in [7, 11) is 1.57. The number of carbonyl (C=O) groups is 1. The fourth-order valence-electron chi connectivity index (χ4n) is 3.09. The highest BCUT2D eigenvalue weighted by atomic mass is 16.5. The SMILES string of the molecule is COc1cc2c(cc1O)CN([C@H]1CC=CC(=O)C1)CC2. The molecular weight excluding hydrogens is 254 g/mol. The molecule has 1 aromatic carbocycles. The molecule has 1 atom stereocenters. The van der Waals surface area contributed by atoms with Crippen molar-refractivity contribution < 1.29 is 14.6 Å². The molecule has 0 spiro atoms. The molecule has 0 amide bonds. The van der Waals surface area contributed by atoms with Crippen LogP contribution in [-0.4, -0.2) is 35.5 Å². The first-order chi connectivity index (χ1) is 9.67. The second-order valence-electron chi connectivity index (χ2n) is 5.48. The largest absolute Gasteiger partial charge is 0.504 e. The van der Waals surface area contributed by atoms with Gasteiger partial charge in [-0.05, 0) is 42.2 Å². The number of nitrogens with zero attached hydrogens (tertiary/aromatic N) is 1. The summed E-state index contributed by atoms with van der Waals surface area (Å²) in [6, 6.07) is 4.01. The Labute approximate surface area is 118 Å². The lowest BCUT2D eigenvalue weighted by atomic mass is 9.93. The molecule has 0 fully saturated rings. The minimum Gasteiger partial charge on any atom is -0.504 e. The number of aromatic hydroxyl groups is 1. The second kappa shape index (κ2) is 5.29. The minimum atomic E-state index is 0.188. The molecule has 0 aromatic heterocycles. The summed E-state index contributed by atoms with van der Waals surface area (Å²) in [5, 5.41) is 9.90. The Hall–Kier alpha value is -1.81. The molecule has 1 N–H and O–H groups in total. The number of ketones is 1. The molecule has 20 heavy (non-hydrogen) atoms. The Balaban J connectivity index is 1.80. The average molecular weight is 273 g/mol. The molecule has 106 valence electrons. The third kappa shape index (κ3) is 2.43. The summed E-state index contributed by atoms with van der Waals surface area (Å²) in [5.41, 5.74) is 2.37. The van der Waals surface area contributed by atoms with Crippen LogP contribution in [0.1, 0.15) is 24.0 Å². The van der Waals surface area contributed by atoms with Gasteiger partial charge in [0.05, 0.1) is 7.11 Å². The van der Waals surface area contributed by atoms with Gasteiger partial charge < -0.3 is 9.84 Å². The first-order valence-electron chi connectivity index (χ1n) is 6.99. The lowest BCUT2D eigenvalue weighted by Crippen LogP contribution is -2.41. The summed E-state index contributed by atoms with van der Waals surface area (Å²) in [6.07, 6.45) is 6.13. The topological polar surface area (TPSA) is 49.8 Å². The van der Waals surface area contributed by atoms with E-state index in [9.17, 15) is 9.90 Å². The molecule has 0 bridgehead atoms. The fourth-order valence-corrected chi connectivity index (χ4v) is 3.09. The molecule has 4 nitrogen and oxygen atoms in total.